The van der Waals surface area contributed by atoms with Gasteiger partial charge in [-0.05, 0) is 31.9 Å². The zero-order chi connectivity index (χ0) is 13.7. The summed E-state index contributed by atoms with van der Waals surface area (Å²) in [6.07, 6.45) is 2.96. The summed E-state index contributed by atoms with van der Waals surface area (Å²) >= 11 is 0. The lowest BCUT2D eigenvalue weighted by Gasteiger charge is -2.08. The first kappa shape index (κ1) is 14.4. The standard InChI is InChI=1S/C13H19FN2O2S/c14-13-5-2-1-4-11(13)10-16-19(17,18)9-3-8-15-12-6-7-12/h1-2,4-5,12,15-16H,3,6-10H2. The Hall–Kier alpha value is -0.980. The summed E-state index contributed by atoms with van der Waals surface area (Å²) in [5.74, 6) is -0.318. The van der Waals surface area contributed by atoms with Gasteiger partial charge < -0.3 is 5.32 Å². The Morgan fingerprint density at radius 3 is 2.68 bits per heavy atom. The molecule has 1 fully saturated rings. The van der Waals surface area contributed by atoms with Gasteiger partial charge in [-0.15, -0.1) is 0 Å². The summed E-state index contributed by atoms with van der Waals surface area (Å²) in [4.78, 5) is 0. The average Bonchev–Trinajstić information content (AvgIpc) is 3.18. The normalized spacial score (nSPS) is 15.6. The van der Waals surface area contributed by atoms with Gasteiger partial charge in [0.25, 0.3) is 0 Å². The summed E-state index contributed by atoms with van der Waals surface area (Å²) < 4.78 is 39.2. The molecule has 1 aliphatic carbocycles. The van der Waals surface area contributed by atoms with Gasteiger partial charge in [0, 0.05) is 18.2 Å². The Balaban J connectivity index is 1.72. The van der Waals surface area contributed by atoms with E-state index < -0.39 is 10.0 Å². The van der Waals surface area contributed by atoms with E-state index in [4.69, 9.17) is 0 Å². The summed E-state index contributed by atoms with van der Waals surface area (Å²) in [5.41, 5.74) is 0.363. The highest BCUT2D eigenvalue weighted by Gasteiger charge is 2.20. The van der Waals surface area contributed by atoms with Crippen molar-refractivity contribution in [2.45, 2.75) is 31.8 Å². The van der Waals surface area contributed by atoms with E-state index in [2.05, 4.69) is 10.0 Å². The lowest BCUT2D eigenvalue weighted by Crippen LogP contribution is -2.28. The quantitative estimate of drug-likeness (QED) is 0.710. The molecule has 106 valence electrons. The van der Waals surface area contributed by atoms with Crippen LogP contribution >= 0.6 is 0 Å². The number of nitrogens with one attached hydrogen (secondary N) is 2. The number of benzene rings is 1. The average molecular weight is 286 g/mol. The maximum Gasteiger partial charge on any atom is 0.211 e. The summed E-state index contributed by atoms with van der Waals surface area (Å²) in [7, 11) is -3.33. The van der Waals surface area contributed by atoms with E-state index in [0.29, 0.717) is 24.6 Å². The van der Waals surface area contributed by atoms with Crippen LogP contribution in [0.1, 0.15) is 24.8 Å². The number of hydrogen-bond acceptors (Lipinski definition) is 3. The molecule has 0 atom stereocenters. The SMILES string of the molecule is O=S(=O)(CCCNC1CC1)NCc1ccccc1F. The zero-order valence-electron chi connectivity index (χ0n) is 10.7. The smallest absolute Gasteiger partial charge is 0.211 e. The lowest BCUT2D eigenvalue weighted by atomic mass is 10.2. The van der Waals surface area contributed by atoms with Crippen molar-refractivity contribution in [2.75, 3.05) is 12.3 Å². The van der Waals surface area contributed by atoms with Gasteiger partial charge in [-0.3, -0.25) is 0 Å². The second kappa shape index (κ2) is 6.45. The fourth-order valence-corrected chi connectivity index (χ4v) is 2.80. The Morgan fingerprint density at radius 2 is 2.00 bits per heavy atom. The molecule has 0 aromatic heterocycles. The number of sulfonamides is 1. The number of halogens is 1. The Labute approximate surface area is 113 Å². The van der Waals surface area contributed by atoms with Gasteiger partial charge in [0.1, 0.15) is 5.82 Å². The highest BCUT2D eigenvalue weighted by molar-refractivity contribution is 7.89. The molecule has 1 aromatic rings. The molecule has 2 N–H and O–H groups in total. The molecule has 0 aliphatic heterocycles. The molecule has 1 saturated carbocycles. The minimum Gasteiger partial charge on any atom is -0.314 e. The minimum absolute atomic E-state index is 0.00502. The van der Waals surface area contributed by atoms with Crippen LogP contribution in [0.4, 0.5) is 4.39 Å². The molecule has 0 spiro atoms. The molecule has 19 heavy (non-hydrogen) atoms. The van der Waals surface area contributed by atoms with Crippen molar-refractivity contribution >= 4 is 10.0 Å². The molecule has 4 nitrogen and oxygen atoms in total. The molecule has 0 saturated heterocycles. The van der Waals surface area contributed by atoms with Crippen molar-refractivity contribution in [2.24, 2.45) is 0 Å². The third-order valence-corrected chi connectivity index (χ3v) is 4.45. The third kappa shape index (κ3) is 5.26. The van der Waals surface area contributed by atoms with Crippen LogP contribution in [0.2, 0.25) is 0 Å². The van der Waals surface area contributed by atoms with Crippen molar-refractivity contribution in [3.8, 4) is 0 Å². The molecule has 2 rings (SSSR count). The van der Waals surface area contributed by atoms with E-state index in [-0.39, 0.29) is 18.1 Å². The van der Waals surface area contributed by atoms with Gasteiger partial charge in [-0.1, -0.05) is 18.2 Å². The van der Waals surface area contributed by atoms with Gasteiger partial charge in [0.2, 0.25) is 10.0 Å². The molecule has 0 bridgehead atoms. The minimum atomic E-state index is -3.33. The monoisotopic (exact) mass is 286 g/mol. The Morgan fingerprint density at radius 1 is 1.26 bits per heavy atom. The maximum atomic E-state index is 13.3. The molecular weight excluding hydrogens is 267 g/mol. The first-order chi connectivity index (χ1) is 9.07. The predicted octanol–water partition coefficient (Wildman–Crippen LogP) is 1.39. The van der Waals surface area contributed by atoms with Crippen LogP contribution in [0.25, 0.3) is 0 Å². The molecule has 0 amide bonds. The van der Waals surface area contributed by atoms with E-state index in [9.17, 15) is 12.8 Å². The molecule has 1 aromatic carbocycles. The van der Waals surface area contributed by atoms with Crippen LogP contribution in [0, 0.1) is 5.82 Å². The maximum absolute atomic E-state index is 13.3. The van der Waals surface area contributed by atoms with Crippen LogP contribution in [-0.4, -0.2) is 26.8 Å². The van der Waals surface area contributed by atoms with Crippen molar-refractivity contribution < 1.29 is 12.8 Å². The van der Waals surface area contributed by atoms with E-state index >= 15 is 0 Å². The van der Waals surface area contributed by atoms with Gasteiger partial charge in [-0.25, -0.2) is 17.5 Å². The van der Waals surface area contributed by atoms with E-state index in [1.807, 2.05) is 0 Å². The molecule has 6 heteroatoms. The van der Waals surface area contributed by atoms with Crippen molar-refractivity contribution in [1.29, 1.82) is 0 Å². The Bertz CT molecular complexity index is 515. The summed E-state index contributed by atoms with van der Waals surface area (Å²) in [5, 5.41) is 3.26. The predicted molar refractivity (Wildman–Crippen MR) is 72.7 cm³/mol. The Kier molecular flexibility index (Phi) is 4.90. The zero-order valence-corrected chi connectivity index (χ0v) is 11.5. The molecule has 1 aliphatic rings. The third-order valence-electron chi connectivity index (χ3n) is 3.04. The van der Waals surface area contributed by atoms with Crippen LogP contribution in [0.5, 0.6) is 0 Å². The van der Waals surface area contributed by atoms with Crippen LogP contribution in [0.3, 0.4) is 0 Å². The topological polar surface area (TPSA) is 58.2 Å². The highest BCUT2D eigenvalue weighted by Crippen LogP contribution is 2.18. The molecule has 0 radical (unpaired) electrons. The molecule has 0 heterocycles. The van der Waals surface area contributed by atoms with Crippen LogP contribution in [-0.2, 0) is 16.6 Å². The van der Waals surface area contributed by atoms with Crippen LogP contribution < -0.4 is 10.0 Å². The van der Waals surface area contributed by atoms with E-state index in [0.717, 1.165) is 0 Å². The van der Waals surface area contributed by atoms with Crippen molar-refractivity contribution in [3.05, 3.63) is 35.6 Å². The number of hydrogen-bond donors (Lipinski definition) is 2. The summed E-state index contributed by atoms with van der Waals surface area (Å²) in [6.45, 7) is 0.719. The lowest BCUT2D eigenvalue weighted by molar-refractivity contribution is 0.568. The van der Waals surface area contributed by atoms with Crippen molar-refractivity contribution in [3.63, 3.8) is 0 Å². The molecular formula is C13H19FN2O2S. The van der Waals surface area contributed by atoms with Gasteiger partial charge >= 0.3 is 0 Å². The fourth-order valence-electron chi connectivity index (χ4n) is 1.76. The number of rotatable bonds is 8. The first-order valence-corrected chi connectivity index (χ1v) is 8.16. The fraction of sp³-hybridized carbons (Fsp3) is 0.538. The van der Waals surface area contributed by atoms with E-state index in [1.165, 1.54) is 18.9 Å². The second-order valence-electron chi connectivity index (χ2n) is 4.81. The second-order valence-corrected chi connectivity index (χ2v) is 6.74. The molecule has 0 unspecified atom stereocenters. The van der Waals surface area contributed by atoms with Crippen molar-refractivity contribution in [1.82, 2.24) is 10.0 Å². The van der Waals surface area contributed by atoms with E-state index in [1.54, 1.807) is 18.2 Å². The van der Waals surface area contributed by atoms with Gasteiger partial charge in [-0.2, -0.15) is 0 Å². The van der Waals surface area contributed by atoms with Gasteiger partial charge in [0.05, 0.1) is 5.75 Å². The summed E-state index contributed by atoms with van der Waals surface area (Å²) in [6, 6.07) is 6.76. The van der Waals surface area contributed by atoms with Crippen LogP contribution in [0.15, 0.2) is 24.3 Å². The van der Waals surface area contributed by atoms with Gasteiger partial charge in [0.15, 0.2) is 0 Å². The highest BCUT2D eigenvalue weighted by atomic mass is 32.2. The first-order valence-electron chi connectivity index (χ1n) is 6.51. The largest absolute Gasteiger partial charge is 0.314 e.